The van der Waals surface area contributed by atoms with E-state index in [9.17, 15) is 25.9 Å². The predicted molar refractivity (Wildman–Crippen MR) is 179 cm³/mol. The molecular weight excluding hydrogens is 677 g/mol. The Labute approximate surface area is 310 Å². The summed E-state index contributed by atoms with van der Waals surface area (Å²) in [6.07, 6.45) is 0. The van der Waals surface area contributed by atoms with Crippen molar-refractivity contribution in [3.63, 3.8) is 0 Å². The van der Waals surface area contributed by atoms with Crippen LogP contribution in [0.2, 0.25) is 0 Å². The maximum absolute atomic E-state index is 12.2. The number of aromatic nitrogens is 2. The van der Waals surface area contributed by atoms with Crippen molar-refractivity contribution in [1.29, 1.82) is 0 Å². The van der Waals surface area contributed by atoms with E-state index in [1.54, 1.807) is 12.1 Å². The van der Waals surface area contributed by atoms with Crippen LogP contribution < -0.4 is 5.43 Å². The second-order valence-corrected chi connectivity index (χ2v) is 14.5. The second kappa shape index (κ2) is 13.9. The Morgan fingerprint density at radius 2 is 1.16 bits per heavy atom. The van der Waals surface area contributed by atoms with Crippen LogP contribution in [0.4, 0.5) is 11.4 Å². The van der Waals surface area contributed by atoms with Gasteiger partial charge in [0.1, 0.15) is 25.5 Å². The Bertz CT molecular complexity index is 2320. The van der Waals surface area contributed by atoms with Gasteiger partial charge in [0.25, 0.3) is 20.2 Å². The van der Waals surface area contributed by atoms with Crippen LogP contribution in [0, 0.1) is 13.8 Å². The van der Waals surface area contributed by atoms with Crippen molar-refractivity contribution >= 4 is 134 Å². The zero-order chi connectivity index (χ0) is 30.5. The maximum Gasteiger partial charge on any atom is 0.296 e. The van der Waals surface area contributed by atoms with E-state index in [1.165, 1.54) is 46.9 Å². The minimum atomic E-state index is -4.72. The number of benzene rings is 4. The number of nitrogens with one attached hydrogen (secondary N) is 1. The molecule has 0 aliphatic carbocycles. The van der Waals surface area contributed by atoms with Crippen molar-refractivity contribution < 1.29 is 25.9 Å². The van der Waals surface area contributed by atoms with Crippen LogP contribution in [-0.2, 0) is 20.2 Å². The second-order valence-electron chi connectivity index (χ2n) is 9.64. The molecule has 0 bridgehead atoms. The number of nitrogens with zero attached hydrogens (tertiary/aromatic N) is 4. The minimum absolute atomic E-state index is 0. The van der Waals surface area contributed by atoms with Gasteiger partial charge in [0, 0.05) is 70.2 Å². The van der Waals surface area contributed by atoms with E-state index in [0.717, 1.165) is 31.6 Å². The molecule has 220 valence electrons. The van der Waals surface area contributed by atoms with Crippen molar-refractivity contribution in [2.24, 2.45) is 10.3 Å². The van der Waals surface area contributed by atoms with Gasteiger partial charge in [-0.15, -0.1) is 27.8 Å². The third kappa shape index (κ3) is 7.89. The van der Waals surface area contributed by atoms with Gasteiger partial charge in [-0.1, -0.05) is 17.4 Å². The number of aryl methyl sites for hydroxylation is 2. The van der Waals surface area contributed by atoms with Crippen LogP contribution in [0.25, 0.3) is 41.6 Å². The largest absolute Gasteiger partial charge is 0.296 e. The molecule has 4 aromatic carbocycles. The number of fused-ring (bicyclic) bond motifs is 2. The molecule has 0 saturated heterocycles. The van der Waals surface area contributed by atoms with E-state index in [-0.39, 0.29) is 70.5 Å². The maximum atomic E-state index is 12.2. The van der Waals surface area contributed by atoms with Gasteiger partial charge in [-0.2, -0.15) is 16.8 Å². The summed E-state index contributed by atoms with van der Waals surface area (Å²) in [5, 5.41) is 8.73. The van der Waals surface area contributed by atoms with E-state index in [0.29, 0.717) is 21.1 Å². The number of rotatable bonds is 7. The third-order valence-corrected chi connectivity index (χ3v) is 10.3. The van der Waals surface area contributed by atoms with Gasteiger partial charge in [-0.3, -0.25) is 14.5 Å². The van der Waals surface area contributed by atoms with Gasteiger partial charge >= 0.3 is 0 Å². The molecule has 6 aromatic rings. The first kappa shape index (κ1) is 35.7. The molecule has 2 heterocycles. The average Bonchev–Trinajstić information content (AvgIpc) is 3.56. The zero-order valence-corrected chi connectivity index (χ0v) is 31.6. The van der Waals surface area contributed by atoms with Gasteiger partial charge in [-0.25, -0.2) is 9.97 Å². The summed E-state index contributed by atoms with van der Waals surface area (Å²) in [6, 6.07) is 20.0. The molecule has 0 aliphatic heterocycles. The van der Waals surface area contributed by atoms with Crippen LogP contribution in [0.3, 0.4) is 0 Å². The van der Waals surface area contributed by atoms with Gasteiger partial charge < -0.3 is 0 Å². The fraction of sp³-hybridized carbons (Fsp3) is 0.0714. The Balaban J connectivity index is 0.00000230. The molecule has 0 saturated carbocycles. The normalized spacial score (nSPS) is 11.9. The van der Waals surface area contributed by atoms with E-state index in [2.05, 4.69) is 25.7 Å². The molecule has 2 radical (unpaired) electrons. The molecule has 0 aliphatic rings. The Hall–Kier alpha value is -2.12. The van der Waals surface area contributed by atoms with E-state index in [4.69, 9.17) is 0 Å². The molecule has 3 N–H and O–H groups in total. The topological polar surface area (TPSA) is 171 Å². The van der Waals surface area contributed by atoms with Crippen molar-refractivity contribution in [2.75, 3.05) is 5.43 Å². The standard InChI is InChI=1S/C28H21N5O6S4.2Na/c1-15-3-7-19-23(11-15)40-27(29-19)17-5-9-21(25(13-17)42(34,35)36)31-33-32-22-10-6-18(14-26(22)43(37,38)39)28-30-20-8-4-16(2)12-24(20)41-28;;/h3-14H,1-2H3,(H,31,32)(H,34,35,36)(H,37,38,39);;. The molecule has 0 amide bonds. The molecule has 17 heteroatoms. The molecular formula is C28H21N5Na2O6S4. The fourth-order valence-corrected chi connectivity index (χ4v) is 7.78. The van der Waals surface area contributed by atoms with Crippen molar-refractivity contribution in [2.45, 2.75) is 23.6 Å². The predicted octanol–water partition coefficient (Wildman–Crippen LogP) is 6.70. The molecule has 0 fully saturated rings. The summed E-state index contributed by atoms with van der Waals surface area (Å²) < 4.78 is 70.6. The molecule has 0 atom stereocenters. The van der Waals surface area contributed by atoms with Crippen molar-refractivity contribution in [3.05, 3.63) is 83.9 Å². The van der Waals surface area contributed by atoms with E-state index in [1.807, 2.05) is 50.2 Å². The van der Waals surface area contributed by atoms with E-state index >= 15 is 0 Å². The van der Waals surface area contributed by atoms with E-state index < -0.39 is 30.0 Å². The minimum Gasteiger partial charge on any atom is -0.282 e. The molecule has 0 unspecified atom stereocenters. The monoisotopic (exact) mass is 697 g/mol. The number of hydrogen-bond donors (Lipinski definition) is 3. The summed E-state index contributed by atoms with van der Waals surface area (Å²) in [6.45, 7) is 3.92. The van der Waals surface area contributed by atoms with Crippen molar-refractivity contribution in [1.82, 2.24) is 9.97 Å². The first-order valence-electron chi connectivity index (χ1n) is 12.5. The molecule has 45 heavy (non-hydrogen) atoms. The summed E-state index contributed by atoms with van der Waals surface area (Å²) in [5.41, 5.74) is 6.68. The van der Waals surface area contributed by atoms with Gasteiger partial charge in [0.15, 0.2) is 0 Å². The number of anilines is 1. The van der Waals surface area contributed by atoms with Crippen molar-refractivity contribution in [3.8, 4) is 21.1 Å². The van der Waals surface area contributed by atoms with Gasteiger partial charge in [0.2, 0.25) is 0 Å². The summed E-state index contributed by atoms with van der Waals surface area (Å²) in [7, 11) is -9.43. The number of thiazole rings is 2. The zero-order valence-electron chi connectivity index (χ0n) is 24.4. The number of hydrogen-bond acceptors (Lipinski definition) is 10. The summed E-state index contributed by atoms with van der Waals surface area (Å²) >= 11 is 2.75. The van der Waals surface area contributed by atoms with Crippen LogP contribution in [0.1, 0.15) is 11.1 Å². The molecule has 0 spiro atoms. The Morgan fingerprint density at radius 1 is 0.667 bits per heavy atom. The van der Waals surface area contributed by atoms with Crippen LogP contribution >= 0.6 is 22.7 Å². The molecule has 11 nitrogen and oxygen atoms in total. The molecule has 6 rings (SSSR count). The van der Waals surface area contributed by atoms with Crippen LogP contribution in [-0.4, -0.2) is 95.0 Å². The first-order chi connectivity index (χ1) is 20.3. The smallest absolute Gasteiger partial charge is 0.282 e. The third-order valence-electron chi connectivity index (χ3n) is 6.41. The molecule has 2 aromatic heterocycles. The van der Waals surface area contributed by atoms with Gasteiger partial charge in [-0.05, 0) is 85.6 Å². The quantitative estimate of drug-likeness (QED) is 0.0711. The SMILES string of the molecule is Cc1ccc2nc(-c3ccc(N=NNc4ccc(-c5nc6ccc(C)cc6s5)cc4S(=O)(=O)O)c(S(=O)(=O)O)c3)sc2c1.[Na].[Na]. The summed E-state index contributed by atoms with van der Waals surface area (Å²) in [5.74, 6) is 0. The van der Waals surface area contributed by atoms with Crippen LogP contribution in [0.15, 0.2) is 92.9 Å². The fourth-order valence-electron chi connectivity index (χ4n) is 4.34. The summed E-state index contributed by atoms with van der Waals surface area (Å²) in [4.78, 5) is 8.11. The van der Waals surface area contributed by atoms with Crippen LogP contribution in [0.5, 0.6) is 0 Å². The first-order valence-corrected chi connectivity index (χ1v) is 17.0. The Kier molecular flexibility index (Phi) is 11.1. The average molecular weight is 698 g/mol. The Morgan fingerprint density at radius 3 is 1.67 bits per heavy atom. The van der Waals surface area contributed by atoms with Gasteiger partial charge in [0.05, 0.1) is 26.1 Å².